The molecule has 1 fully saturated rings. The van der Waals surface area contributed by atoms with Gasteiger partial charge in [-0.25, -0.2) is 0 Å². The summed E-state index contributed by atoms with van der Waals surface area (Å²) in [5.41, 5.74) is 3.18. The minimum atomic E-state index is -0.160. The average molecular weight is 415 g/mol. The number of aromatic nitrogens is 4. The van der Waals surface area contributed by atoms with Crippen molar-refractivity contribution in [3.63, 3.8) is 0 Å². The van der Waals surface area contributed by atoms with Crippen molar-refractivity contribution in [3.8, 4) is 34.3 Å². The van der Waals surface area contributed by atoms with Crippen molar-refractivity contribution in [1.29, 1.82) is 0 Å². The molecular formula is C22H17N5O4. The fraction of sp³-hybridized carbons (Fsp3) is 0.182. The molecule has 1 amide bonds. The number of hydrogen-bond donors (Lipinski definition) is 1. The maximum Gasteiger partial charge on any atom is 0.275 e. The van der Waals surface area contributed by atoms with E-state index in [0.29, 0.717) is 41.9 Å². The summed E-state index contributed by atoms with van der Waals surface area (Å²) in [6, 6.07) is 17.2. The predicted octanol–water partition coefficient (Wildman–Crippen LogP) is 3.38. The van der Waals surface area contributed by atoms with E-state index in [9.17, 15) is 4.79 Å². The summed E-state index contributed by atoms with van der Waals surface area (Å²) in [5, 5.41) is 11.4. The quantitative estimate of drug-likeness (QED) is 0.545. The van der Waals surface area contributed by atoms with Crippen molar-refractivity contribution in [2.75, 3.05) is 18.2 Å². The lowest BCUT2D eigenvalue weighted by atomic mass is 10.1. The summed E-state index contributed by atoms with van der Waals surface area (Å²) in [6.07, 6.45) is 0.311. The summed E-state index contributed by atoms with van der Waals surface area (Å²) >= 11 is 0. The van der Waals surface area contributed by atoms with Gasteiger partial charge in [-0.3, -0.25) is 9.89 Å². The monoisotopic (exact) mass is 415 g/mol. The molecule has 2 aromatic heterocycles. The van der Waals surface area contributed by atoms with Crippen molar-refractivity contribution >= 4 is 11.6 Å². The van der Waals surface area contributed by atoms with E-state index in [1.54, 1.807) is 4.90 Å². The van der Waals surface area contributed by atoms with Gasteiger partial charge in [0.15, 0.2) is 17.3 Å². The van der Waals surface area contributed by atoms with Crippen molar-refractivity contribution < 1.29 is 18.8 Å². The number of hydrogen-bond acceptors (Lipinski definition) is 7. The highest BCUT2D eigenvalue weighted by Crippen LogP contribution is 2.38. The summed E-state index contributed by atoms with van der Waals surface area (Å²) in [4.78, 5) is 18.9. The van der Waals surface area contributed by atoms with E-state index in [1.165, 1.54) is 0 Å². The highest BCUT2D eigenvalue weighted by molar-refractivity contribution is 5.96. The Bertz CT molecular complexity index is 1270. The lowest BCUT2D eigenvalue weighted by molar-refractivity contribution is -0.117. The number of benzene rings is 2. The van der Waals surface area contributed by atoms with Crippen molar-refractivity contribution in [3.05, 3.63) is 60.4 Å². The molecule has 9 nitrogen and oxygen atoms in total. The van der Waals surface area contributed by atoms with Crippen LogP contribution in [0.2, 0.25) is 0 Å². The predicted molar refractivity (Wildman–Crippen MR) is 110 cm³/mol. The van der Waals surface area contributed by atoms with Crippen molar-refractivity contribution in [1.82, 2.24) is 20.3 Å². The Labute approximate surface area is 176 Å². The lowest BCUT2D eigenvalue weighted by Gasteiger charge is -2.16. The maximum atomic E-state index is 12.6. The molecule has 1 unspecified atom stereocenters. The van der Waals surface area contributed by atoms with Crippen LogP contribution in [0.3, 0.4) is 0 Å². The number of carbonyl (C=O) groups is 1. The Hall–Kier alpha value is -4.14. The molecule has 0 aliphatic carbocycles. The fourth-order valence-electron chi connectivity index (χ4n) is 3.88. The molecule has 1 saturated heterocycles. The molecule has 4 aromatic rings. The zero-order valence-corrected chi connectivity index (χ0v) is 16.3. The molecule has 0 spiro atoms. The highest BCUT2D eigenvalue weighted by Gasteiger charge is 2.35. The molecule has 4 heterocycles. The van der Waals surface area contributed by atoms with Gasteiger partial charge in [0.2, 0.25) is 12.7 Å². The normalized spacial score (nSPS) is 17.5. The van der Waals surface area contributed by atoms with Gasteiger partial charge >= 0.3 is 0 Å². The van der Waals surface area contributed by atoms with E-state index in [1.807, 2.05) is 54.6 Å². The maximum absolute atomic E-state index is 12.6. The number of amides is 1. The second-order valence-electron chi connectivity index (χ2n) is 7.43. The van der Waals surface area contributed by atoms with E-state index in [2.05, 4.69) is 20.3 Å². The minimum absolute atomic E-state index is 0.00289. The number of aromatic amines is 1. The number of anilines is 1. The van der Waals surface area contributed by atoms with E-state index >= 15 is 0 Å². The molecule has 154 valence electrons. The van der Waals surface area contributed by atoms with Gasteiger partial charge in [-0.15, -0.1) is 0 Å². The van der Waals surface area contributed by atoms with Crippen LogP contribution in [0.5, 0.6) is 11.5 Å². The minimum Gasteiger partial charge on any atom is -0.454 e. The fourth-order valence-corrected chi connectivity index (χ4v) is 3.88. The Balaban J connectivity index is 1.21. The number of carbonyl (C=O) groups excluding carboxylic acids is 1. The van der Waals surface area contributed by atoms with E-state index in [0.717, 1.165) is 16.9 Å². The van der Waals surface area contributed by atoms with Gasteiger partial charge in [0.25, 0.3) is 5.89 Å². The molecule has 1 N–H and O–H groups in total. The zero-order valence-electron chi connectivity index (χ0n) is 16.3. The number of H-pyrrole nitrogens is 1. The molecule has 1 atom stereocenters. The number of rotatable bonds is 4. The Morgan fingerprint density at radius 2 is 1.90 bits per heavy atom. The van der Waals surface area contributed by atoms with E-state index in [-0.39, 0.29) is 18.6 Å². The Kier molecular flexibility index (Phi) is 3.98. The van der Waals surface area contributed by atoms with E-state index in [4.69, 9.17) is 14.0 Å². The van der Waals surface area contributed by atoms with Crippen LogP contribution in [0.1, 0.15) is 18.2 Å². The molecule has 2 aliphatic heterocycles. The highest BCUT2D eigenvalue weighted by atomic mass is 16.7. The summed E-state index contributed by atoms with van der Waals surface area (Å²) in [6.45, 7) is 0.663. The molecule has 9 heteroatoms. The summed E-state index contributed by atoms with van der Waals surface area (Å²) < 4.78 is 16.2. The third kappa shape index (κ3) is 3.10. The first kappa shape index (κ1) is 17.7. The first-order valence-electron chi connectivity index (χ1n) is 9.89. The molecule has 0 radical (unpaired) electrons. The first-order valence-corrected chi connectivity index (χ1v) is 9.89. The van der Waals surface area contributed by atoms with Crippen LogP contribution in [0.25, 0.3) is 22.8 Å². The summed E-state index contributed by atoms with van der Waals surface area (Å²) in [5.74, 6) is 2.02. The van der Waals surface area contributed by atoms with Crippen LogP contribution in [0, 0.1) is 0 Å². The van der Waals surface area contributed by atoms with E-state index < -0.39 is 0 Å². The third-order valence-corrected chi connectivity index (χ3v) is 5.48. The molecule has 31 heavy (non-hydrogen) atoms. The molecule has 0 saturated carbocycles. The topological polar surface area (TPSA) is 106 Å². The first-order chi connectivity index (χ1) is 15.2. The van der Waals surface area contributed by atoms with Crippen LogP contribution >= 0.6 is 0 Å². The second-order valence-corrected chi connectivity index (χ2v) is 7.43. The van der Waals surface area contributed by atoms with Gasteiger partial charge in [-0.05, 0) is 18.2 Å². The number of nitrogens with one attached hydrogen (secondary N) is 1. The van der Waals surface area contributed by atoms with Gasteiger partial charge in [0, 0.05) is 36.2 Å². The van der Waals surface area contributed by atoms with Gasteiger partial charge in [-0.2, -0.15) is 10.1 Å². The number of ether oxygens (including phenoxy) is 2. The number of nitrogens with zero attached hydrogens (tertiary/aromatic N) is 4. The lowest BCUT2D eigenvalue weighted by Crippen LogP contribution is -2.24. The molecule has 6 rings (SSSR count). The molecule has 2 aromatic carbocycles. The van der Waals surface area contributed by atoms with Crippen LogP contribution in [0.4, 0.5) is 5.69 Å². The molecule has 2 aliphatic rings. The average Bonchev–Trinajstić information content (AvgIpc) is 3.59. The zero-order chi connectivity index (χ0) is 20.8. The van der Waals surface area contributed by atoms with Gasteiger partial charge in [0.05, 0.1) is 5.69 Å². The Morgan fingerprint density at radius 1 is 1.03 bits per heavy atom. The van der Waals surface area contributed by atoms with Crippen LogP contribution < -0.4 is 14.4 Å². The molecular weight excluding hydrogens is 398 g/mol. The SMILES string of the molecule is O=C1CC(c2noc(-c3cc(-c4ccccc4)n[nH]3)n2)CN1c1ccc2c(c1)OCO2. The van der Waals surface area contributed by atoms with Crippen molar-refractivity contribution in [2.45, 2.75) is 12.3 Å². The Morgan fingerprint density at radius 3 is 2.81 bits per heavy atom. The van der Waals surface area contributed by atoms with Crippen LogP contribution in [-0.2, 0) is 4.79 Å². The van der Waals surface area contributed by atoms with Gasteiger partial charge < -0.3 is 18.9 Å². The molecule has 0 bridgehead atoms. The van der Waals surface area contributed by atoms with Crippen LogP contribution in [0.15, 0.2) is 59.1 Å². The van der Waals surface area contributed by atoms with Gasteiger partial charge in [-0.1, -0.05) is 35.5 Å². The van der Waals surface area contributed by atoms with Gasteiger partial charge in [0.1, 0.15) is 5.69 Å². The smallest absolute Gasteiger partial charge is 0.275 e. The van der Waals surface area contributed by atoms with Crippen LogP contribution in [-0.4, -0.2) is 39.6 Å². The third-order valence-electron chi connectivity index (χ3n) is 5.48. The summed E-state index contributed by atoms with van der Waals surface area (Å²) in [7, 11) is 0. The van der Waals surface area contributed by atoms with Crippen molar-refractivity contribution in [2.24, 2.45) is 0 Å². The second kappa shape index (κ2) is 6.98. The number of fused-ring (bicyclic) bond motifs is 1. The standard InChI is InChI=1S/C22H17N5O4/c28-20-8-14(11-27(20)15-6-7-18-19(9-15)30-12-29-18)21-23-22(31-26-21)17-10-16(24-25-17)13-4-2-1-3-5-13/h1-7,9-10,14H,8,11-12H2,(H,24,25). The largest absolute Gasteiger partial charge is 0.454 e.